The number of alkyl halides is 1. The first kappa shape index (κ1) is 22.7. The maximum atomic E-state index is 6.01. The van der Waals surface area contributed by atoms with Crippen LogP contribution in [0.15, 0.2) is 30.3 Å². The van der Waals surface area contributed by atoms with Crippen molar-refractivity contribution >= 4 is 22.4 Å². The van der Waals surface area contributed by atoms with Gasteiger partial charge in [-0.25, -0.2) is 0 Å². The van der Waals surface area contributed by atoms with Crippen LogP contribution in [0.5, 0.6) is 17.2 Å². The first-order valence-electron chi connectivity index (χ1n) is 10.7. The Hall–Kier alpha value is -1.61. The van der Waals surface area contributed by atoms with Crippen LogP contribution in [0.2, 0.25) is 0 Å². The number of methoxy groups -OCH3 is 1. The van der Waals surface area contributed by atoms with E-state index in [4.69, 9.17) is 25.8 Å². The zero-order valence-corrected chi connectivity index (χ0v) is 18.2. The summed E-state index contributed by atoms with van der Waals surface area (Å²) >= 11 is 5.71. The van der Waals surface area contributed by atoms with Crippen molar-refractivity contribution < 1.29 is 14.2 Å². The van der Waals surface area contributed by atoms with Crippen LogP contribution in [-0.2, 0) is 0 Å². The topological polar surface area (TPSA) is 27.7 Å². The van der Waals surface area contributed by atoms with Crippen LogP contribution in [0.3, 0.4) is 0 Å². The zero-order valence-electron chi connectivity index (χ0n) is 17.5. The summed E-state index contributed by atoms with van der Waals surface area (Å²) in [6, 6.07) is 10.2. The zero-order chi connectivity index (χ0) is 20.0. The van der Waals surface area contributed by atoms with Gasteiger partial charge < -0.3 is 14.2 Å². The molecule has 28 heavy (non-hydrogen) atoms. The molecule has 0 spiro atoms. The smallest absolute Gasteiger partial charge is 0.168 e. The molecule has 2 aromatic carbocycles. The Kier molecular flexibility index (Phi) is 11.0. The predicted octanol–water partition coefficient (Wildman–Crippen LogP) is 7.38. The number of hydrogen-bond acceptors (Lipinski definition) is 3. The Morgan fingerprint density at radius 2 is 1.50 bits per heavy atom. The predicted molar refractivity (Wildman–Crippen MR) is 119 cm³/mol. The first-order valence-corrected chi connectivity index (χ1v) is 11.3. The van der Waals surface area contributed by atoms with Gasteiger partial charge in [0.15, 0.2) is 11.5 Å². The molecular formula is C24H35ClO3. The van der Waals surface area contributed by atoms with Gasteiger partial charge in [0.25, 0.3) is 0 Å². The van der Waals surface area contributed by atoms with Crippen LogP contribution in [0.25, 0.3) is 10.8 Å². The Morgan fingerprint density at radius 3 is 2.25 bits per heavy atom. The van der Waals surface area contributed by atoms with E-state index in [0.717, 1.165) is 66.4 Å². The SMILES string of the molecule is CCCCCOc1ccc2c(OC)c(OCCCCCCCCCl)ccc2c1. The molecule has 0 saturated carbocycles. The van der Waals surface area contributed by atoms with Crippen molar-refractivity contribution in [3.63, 3.8) is 0 Å². The molecular weight excluding hydrogens is 372 g/mol. The molecule has 0 atom stereocenters. The van der Waals surface area contributed by atoms with Gasteiger partial charge in [0, 0.05) is 11.3 Å². The number of unbranched alkanes of at least 4 members (excludes halogenated alkanes) is 7. The summed E-state index contributed by atoms with van der Waals surface area (Å²) in [6.45, 7) is 3.69. The molecule has 2 rings (SSSR count). The van der Waals surface area contributed by atoms with E-state index in [-0.39, 0.29) is 0 Å². The van der Waals surface area contributed by atoms with Gasteiger partial charge in [0.1, 0.15) is 5.75 Å². The third-order valence-electron chi connectivity index (χ3n) is 4.91. The molecule has 3 nitrogen and oxygen atoms in total. The summed E-state index contributed by atoms with van der Waals surface area (Å²) in [5, 5.41) is 2.17. The fourth-order valence-corrected chi connectivity index (χ4v) is 3.49. The van der Waals surface area contributed by atoms with E-state index in [2.05, 4.69) is 25.1 Å². The van der Waals surface area contributed by atoms with E-state index in [1.165, 1.54) is 38.5 Å². The van der Waals surface area contributed by atoms with Crippen molar-refractivity contribution in [2.45, 2.75) is 64.7 Å². The molecule has 4 heteroatoms. The van der Waals surface area contributed by atoms with E-state index < -0.39 is 0 Å². The molecule has 0 unspecified atom stereocenters. The number of fused-ring (bicyclic) bond motifs is 1. The minimum Gasteiger partial charge on any atom is -0.494 e. The molecule has 0 aliphatic rings. The van der Waals surface area contributed by atoms with Crippen LogP contribution >= 0.6 is 11.6 Å². The molecule has 0 heterocycles. The lowest BCUT2D eigenvalue weighted by molar-refractivity contribution is 0.286. The van der Waals surface area contributed by atoms with Gasteiger partial charge in [0.2, 0.25) is 0 Å². The van der Waals surface area contributed by atoms with Gasteiger partial charge in [0.05, 0.1) is 20.3 Å². The monoisotopic (exact) mass is 406 g/mol. The lowest BCUT2D eigenvalue weighted by atomic mass is 10.1. The number of halogens is 1. The van der Waals surface area contributed by atoms with Gasteiger partial charge in [-0.05, 0) is 48.9 Å². The number of hydrogen-bond donors (Lipinski definition) is 0. The van der Waals surface area contributed by atoms with Crippen molar-refractivity contribution in [2.75, 3.05) is 26.2 Å². The summed E-state index contributed by atoms with van der Waals surface area (Å²) in [7, 11) is 1.70. The molecule has 0 radical (unpaired) electrons. The second kappa shape index (κ2) is 13.5. The number of ether oxygens (including phenoxy) is 3. The van der Waals surface area contributed by atoms with Crippen LogP contribution in [0.1, 0.15) is 64.7 Å². The van der Waals surface area contributed by atoms with Gasteiger partial charge in [-0.15, -0.1) is 11.6 Å². The molecule has 0 fully saturated rings. The summed E-state index contributed by atoms with van der Waals surface area (Å²) in [4.78, 5) is 0. The third kappa shape index (κ3) is 7.43. The minimum atomic E-state index is 0.718. The lowest BCUT2D eigenvalue weighted by Crippen LogP contribution is -2.00. The number of rotatable bonds is 15. The van der Waals surface area contributed by atoms with Crippen LogP contribution in [0.4, 0.5) is 0 Å². The molecule has 0 aromatic heterocycles. The van der Waals surface area contributed by atoms with Gasteiger partial charge >= 0.3 is 0 Å². The summed E-state index contributed by atoms with van der Waals surface area (Å²) < 4.78 is 17.5. The Morgan fingerprint density at radius 1 is 0.786 bits per heavy atom. The highest BCUT2D eigenvalue weighted by atomic mass is 35.5. The molecule has 0 aliphatic heterocycles. The average molecular weight is 407 g/mol. The van der Waals surface area contributed by atoms with E-state index in [1.54, 1.807) is 7.11 Å². The van der Waals surface area contributed by atoms with Crippen molar-refractivity contribution in [2.24, 2.45) is 0 Å². The van der Waals surface area contributed by atoms with Gasteiger partial charge in [-0.1, -0.05) is 51.5 Å². The highest BCUT2D eigenvalue weighted by Gasteiger charge is 2.10. The Bertz CT molecular complexity index is 687. The fourth-order valence-electron chi connectivity index (χ4n) is 3.30. The van der Waals surface area contributed by atoms with Gasteiger partial charge in [-0.2, -0.15) is 0 Å². The van der Waals surface area contributed by atoms with Crippen molar-refractivity contribution in [3.8, 4) is 17.2 Å². The highest BCUT2D eigenvalue weighted by molar-refractivity contribution is 6.17. The van der Waals surface area contributed by atoms with Crippen LogP contribution in [-0.4, -0.2) is 26.2 Å². The van der Waals surface area contributed by atoms with E-state index >= 15 is 0 Å². The largest absolute Gasteiger partial charge is 0.494 e. The van der Waals surface area contributed by atoms with E-state index in [0.29, 0.717) is 0 Å². The normalized spacial score (nSPS) is 11.0. The molecule has 156 valence electrons. The maximum Gasteiger partial charge on any atom is 0.168 e. The van der Waals surface area contributed by atoms with Crippen LogP contribution < -0.4 is 14.2 Å². The molecule has 0 amide bonds. The summed E-state index contributed by atoms with van der Waals surface area (Å²) in [6.07, 6.45) is 10.6. The minimum absolute atomic E-state index is 0.718. The summed E-state index contributed by atoms with van der Waals surface area (Å²) in [5.74, 6) is 3.30. The second-order valence-electron chi connectivity index (χ2n) is 7.19. The van der Waals surface area contributed by atoms with Gasteiger partial charge in [-0.3, -0.25) is 0 Å². The average Bonchev–Trinajstić information content (AvgIpc) is 2.72. The Balaban J connectivity index is 1.88. The molecule has 2 aromatic rings. The quantitative estimate of drug-likeness (QED) is 0.228. The van der Waals surface area contributed by atoms with Crippen molar-refractivity contribution in [3.05, 3.63) is 30.3 Å². The molecule has 0 saturated heterocycles. The van der Waals surface area contributed by atoms with Crippen molar-refractivity contribution in [1.82, 2.24) is 0 Å². The highest BCUT2D eigenvalue weighted by Crippen LogP contribution is 2.37. The standard InChI is InChI=1S/C24H35ClO3/c1-3-4-10-17-27-21-13-14-22-20(19-21)12-15-23(24(22)26-2)28-18-11-8-6-5-7-9-16-25/h12-15,19H,3-11,16-18H2,1-2H3. The summed E-state index contributed by atoms with van der Waals surface area (Å²) in [5.41, 5.74) is 0. The second-order valence-corrected chi connectivity index (χ2v) is 7.57. The molecule has 0 bridgehead atoms. The van der Waals surface area contributed by atoms with Crippen LogP contribution in [0, 0.1) is 0 Å². The Labute approximate surface area is 175 Å². The number of benzene rings is 2. The third-order valence-corrected chi connectivity index (χ3v) is 5.18. The maximum absolute atomic E-state index is 6.01. The lowest BCUT2D eigenvalue weighted by Gasteiger charge is -2.14. The molecule has 0 aliphatic carbocycles. The van der Waals surface area contributed by atoms with E-state index in [1.807, 2.05) is 12.1 Å². The molecule has 0 N–H and O–H groups in total. The van der Waals surface area contributed by atoms with Crippen molar-refractivity contribution in [1.29, 1.82) is 0 Å². The first-order chi connectivity index (χ1) is 13.8. The van der Waals surface area contributed by atoms with E-state index in [9.17, 15) is 0 Å². The fraction of sp³-hybridized carbons (Fsp3) is 0.583.